The van der Waals surface area contributed by atoms with Crippen molar-refractivity contribution < 1.29 is 0 Å². The van der Waals surface area contributed by atoms with Crippen LogP contribution < -0.4 is 0 Å². The lowest BCUT2D eigenvalue weighted by molar-refractivity contribution is 0.811. The normalized spacial score (nSPS) is 9.29. The molecule has 0 aliphatic rings. The highest BCUT2D eigenvalue weighted by Gasteiger charge is 1.88. The summed E-state index contributed by atoms with van der Waals surface area (Å²) in [6, 6.07) is 10.2. The molecule has 0 aliphatic heterocycles. The molecule has 0 spiro atoms. The van der Waals surface area contributed by atoms with Crippen LogP contribution in [-0.2, 0) is 0 Å². The Balaban J connectivity index is 2.62. The first kappa shape index (κ1) is 11.3. The Morgan fingerprint density at radius 2 is 2.07 bits per heavy atom. The van der Waals surface area contributed by atoms with E-state index in [-0.39, 0.29) is 0 Å². The molecule has 1 heteroatoms. The summed E-state index contributed by atoms with van der Waals surface area (Å²) in [4.78, 5) is 0. The maximum absolute atomic E-state index is 3.51. The zero-order chi connectivity index (χ0) is 10.2. The van der Waals surface area contributed by atoms with Crippen LogP contribution in [-0.4, -0.2) is 0 Å². The van der Waals surface area contributed by atoms with E-state index in [0.29, 0.717) is 0 Å². The molecule has 0 unspecified atom stereocenters. The van der Waals surface area contributed by atoms with Gasteiger partial charge in [-0.3, -0.25) is 0 Å². The van der Waals surface area contributed by atoms with Crippen molar-refractivity contribution in [2.75, 3.05) is 0 Å². The fourth-order valence-electron chi connectivity index (χ4n) is 1.12. The molecular weight excluding hydrogens is 236 g/mol. The second-order valence-corrected chi connectivity index (χ2v) is 4.17. The Morgan fingerprint density at radius 1 is 1.36 bits per heavy atom. The lowest BCUT2D eigenvalue weighted by Crippen LogP contribution is -1.71. The van der Waals surface area contributed by atoms with E-state index in [4.69, 9.17) is 0 Å². The highest BCUT2D eigenvalue weighted by Crippen LogP contribution is 2.13. The predicted molar refractivity (Wildman–Crippen MR) is 66.4 cm³/mol. The minimum absolute atomic E-state index is 1.08. The summed E-state index contributed by atoms with van der Waals surface area (Å²) in [7, 11) is 0. The monoisotopic (exact) mass is 250 g/mol. The summed E-state index contributed by atoms with van der Waals surface area (Å²) >= 11 is 3.51. The minimum Gasteiger partial charge on any atom is -0.109 e. The van der Waals surface area contributed by atoms with E-state index in [1.165, 1.54) is 18.4 Å². The van der Waals surface area contributed by atoms with Gasteiger partial charge in [-0.15, -0.1) is 5.73 Å². The summed E-state index contributed by atoms with van der Waals surface area (Å²) in [5.74, 6) is 0. The lowest BCUT2D eigenvalue weighted by atomic mass is 10.2. The van der Waals surface area contributed by atoms with Gasteiger partial charge in [-0.05, 0) is 40.4 Å². The zero-order valence-electron chi connectivity index (χ0n) is 8.46. The van der Waals surface area contributed by atoms with E-state index in [2.05, 4.69) is 40.7 Å². The molecule has 0 heterocycles. The summed E-state index contributed by atoms with van der Waals surface area (Å²) in [6.07, 6.45) is 5.54. The van der Waals surface area contributed by atoms with Crippen LogP contribution in [0.4, 0.5) is 0 Å². The van der Waals surface area contributed by atoms with Gasteiger partial charge in [0.05, 0.1) is 0 Å². The molecule has 0 aromatic heterocycles. The topological polar surface area (TPSA) is 0 Å². The van der Waals surface area contributed by atoms with Crippen LogP contribution in [0.25, 0.3) is 6.08 Å². The Labute approximate surface area is 94.5 Å². The van der Waals surface area contributed by atoms with E-state index >= 15 is 0 Å². The molecule has 0 amide bonds. The smallest absolute Gasteiger partial charge is 0.0368 e. The van der Waals surface area contributed by atoms with Gasteiger partial charge < -0.3 is 0 Å². The third-order valence-corrected chi connectivity index (χ3v) is 2.57. The van der Waals surface area contributed by atoms with Crippen molar-refractivity contribution in [1.29, 1.82) is 0 Å². The van der Waals surface area contributed by atoms with Gasteiger partial charge in [0.2, 0.25) is 0 Å². The van der Waals surface area contributed by atoms with Crippen molar-refractivity contribution >= 4 is 22.0 Å². The molecule has 0 bridgehead atoms. The number of allylic oxidation sites excluding steroid dienone is 1. The first-order chi connectivity index (χ1) is 6.83. The molecule has 0 radical (unpaired) electrons. The van der Waals surface area contributed by atoms with E-state index in [9.17, 15) is 0 Å². The molecule has 0 aliphatic carbocycles. The number of hydrogen-bond acceptors (Lipinski definition) is 0. The average molecular weight is 251 g/mol. The Bertz CT molecular complexity index is 318. The van der Waals surface area contributed by atoms with Gasteiger partial charge in [-0.2, -0.15) is 0 Å². The minimum atomic E-state index is 1.08. The van der Waals surface area contributed by atoms with Crippen LogP contribution in [0, 0.1) is 0 Å². The lowest BCUT2D eigenvalue weighted by Gasteiger charge is -1.92. The standard InChI is InChI=1S/C13H15Br/c1-2-3-9-13(14)11-10-12-7-5-4-6-8-12/h4-8,10H,2-3,9H2,1H3. The Kier molecular flexibility index (Phi) is 5.36. The molecular formula is C13H15Br. The molecule has 0 atom stereocenters. The van der Waals surface area contributed by atoms with Gasteiger partial charge >= 0.3 is 0 Å². The van der Waals surface area contributed by atoms with Crippen molar-refractivity contribution in [2.45, 2.75) is 26.2 Å². The molecule has 74 valence electrons. The van der Waals surface area contributed by atoms with Crippen LogP contribution >= 0.6 is 15.9 Å². The quantitative estimate of drug-likeness (QED) is 0.676. The largest absolute Gasteiger partial charge is 0.109 e. The number of rotatable bonds is 4. The molecule has 0 fully saturated rings. The Morgan fingerprint density at radius 3 is 2.71 bits per heavy atom. The van der Waals surface area contributed by atoms with Gasteiger partial charge in [-0.25, -0.2) is 0 Å². The van der Waals surface area contributed by atoms with E-state index in [0.717, 1.165) is 10.9 Å². The fourth-order valence-corrected chi connectivity index (χ4v) is 1.51. The number of halogens is 1. The fraction of sp³-hybridized carbons (Fsp3) is 0.308. The number of benzene rings is 1. The number of hydrogen-bond donors (Lipinski definition) is 0. The molecule has 0 saturated heterocycles. The van der Waals surface area contributed by atoms with E-state index in [1.54, 1.807) is 0 Å². The van der Waals surface area contributed by atoms with Crippen LogP contribution in [0.1, 0.15) is 31.7 Å². The van der Waals surface area contributed by atoms with Crippen molar-refractivity contribution in [3.8, 4) is 0 Å². The first-order valence-electron chi connectivity index (χ1n) is 4.99. The first-order valence-corrected chi connectivity index (χ1v) is 5.78. The predicted octanol–water partition coefficient (Wildman–Crippen LogP) is 4.77. The van der Waals surface area contributed by atoms with Crippen molar-refractivity contribution in [1.82, 2.24) is 0 Å². The maximum Gasteiger partial charge on any atom is 0.0368 e. The van der Waals surface area contributed by atoms with E-state index in [1.807, 2.05) is 24.3 Å². The highest BCUT2D eigenvalue weighted by molar-refractivity contribution is 9.11. The molecule has 1 rings (SSSR count). The second-order valence-electron chi connectivity index (χ2n) is 3.21. The third kappa shape index (κ3) is 4.45. The molecule has 0 nitrogen and oxygen atoms in total. The van der Waals surface area contributed by atoms with Crippen molar-refractivity contribution in [3.05, 3.63) is 46.1 Å². The van der Waals surface area contributed by atoms with Crippen molar-refractivity contribution in [3.63, 3.8) is 0 Å². The maximum atomic E-state index is 3.51. The SMILES string of the molecule is CCCCC(Br)=C=Cc1ccccc1. The van der Waals surface area contributed by atoms with Gasteiger partial charge in [0, 0.05) is 4.48 Å². The van der Waals surface area contributed by atoms with Gasteiger partial charge in [-0.1, -0.05) is 43.7 Å². The molecule has 0 saturated carbocycles. The van der Waals surface area contributed by atoms with Crippen LogP contribution in [0.15, 0.2) is 40.5 Å². The van der Waals surface area contributed by atoms with Crippen LogP contribution in [0.2, 0.25) is 0 Å². The van der Waals surface area contributed by atoms with Gasteiger partial charge in [0.1, 0.15) is 0 Å². The summed E-state index contributed by atoms with van der Waals surface area (Å²) in [5.41, 5.74) is 4.44. The molecule has 1 aromatic carbocycles. The molecule has 1 aromatic rings. The summed E-state index contributed by atoms with van der Waals surface area (Å²) in [5, 5.41) is 0. The second kappa shape index (κ2) is 6.64. The molecule has 14 heavy (non-hydrogen) atoms. The van der Waals surface area contributed by atoms with Crippen molar-refractivity contribution in [2.24, 2.45) is 0 Å². The van der Waals surface area contributed by atoms with Crippen LogP contribution in [0.5, 0.6) is 0 Å². The summed E-state index contributed by atoms with van der Waals surface area (Å²) < 4.78 is 1.16. The zero-order valence-corrected chi connectivity index (χ0v) is 10.0. The van der Waals surface area contributed by atoms with E-state index < -0.39 is 0 Å². The number of unbranched alkanes of at least 4 members (excludes halogenated alkanes) is 1. The van der Waals surface area contributed by atoms with Gasteiger partial charge in [0.15, 0.2) is 0 Å². The van der Waals surface area contributed by atoms with Crippen LogP contribution in [0.3, 0.4) is 0 Å². The third-order valence-electron chi connectivity index (χ3n) is 1.94. The average Bonchev–Trinajstić information content (AvgIpc) is 2.25. The Hall–Kier alpha value is -0.780. The highest BCUT2D eigenvalue weighted by atomic mass is 79.9. The van der Waals surface area contributed by atoms with Gasteiger partial charge in [0.25, 0.3) is 0 Å². The summed E-state index contributed by atoms with van der Waals surface area (Å²) in [6.45, 7) is 2.20. The molecule has 0 N–H and O–H groups in total.